The van der Waals surface area contributed by atoms with Crippen LogP contribution in [0, 0.1) is 19.8 Å². The Morgan fingerprint density at radius 2 is 2.10 bits per heavy atom. The summed E-state index contributed by atoms with van der Waals surface area (Å²) in [6.45, 7) is 6.49. The minimum absolute atomic E-state index is 0.0192. The van der Waals surface area contributed by atoms with Crippen LogP contribution in [0.25, 0.3) is 0 Å². The van der Waals surface area contributed by atoms with E-state index in [1.807, 2.05) is 26.0 Å². The molecule has 110 valence electrons. The van der Waals surface area contributed by atoms with Gasteiger partial charge in [0.25, 0.3) is 0 Å². The number of aryl methyl sites for hydroxylation is 2. The molecule has 1 aromatic rings. The van der Waals surface area contributed by atoms with Gasteiger partial charge >= 0.3 is 6.03 Å². The predicted molar refractivity (Wildman–Crippen MR) is 79.5 cm³/mol. The molecular formula is C16H24N2O2. The van der Waals surface area contributed by atoms with Gasteiger partial charge in [0.05, 0.1) is 12.1 Å². The van der Waals surface area contributed by atoms with Crippen LogP contribution in [0.1, 0.15) is 36.5 Å². The summed E-state index contributed by atoms with van der Waals surface area (Å²) < 4.78 is 0. The Labute approximate surface area is 120 Å². The van der Waals surface area contributed by atoms with Crippen LogP contribution in [0.2, 0.25) is 0 Å². The fraction of sp³-hybridized carbons (Fsp3) is 0.562. The third-order valence-electron chi connectivity index (χ3n) is 4.14. The maximum Gasteiger partial charge on any atom is 0.315 e. The first-order valence-electron chi connectivity index (χ1n) is 7.17. The summed E-state index contributed by atoms with van der Waals surface area (Å²) in [6, 6.07) is 5.98. The van der Waals surface area contributed by atoms with Crippen LogP contribution in [0.3, 0.4) is 0 Å². The SMILES string of the molecule is Cc1ccc(CNC(=O)NC(C)(CO)C2CC2)c(C)c1. The van der Waals surface area contributed by atoms with E-state index in [0.717, 1.165) is 18.4 Å². The van der Waals surface area contributed by atoms with Crippen LogP contribution < -0.4 is 10.6 Å². The molecule has 0 aliphatic heterocycles. The molecule has 1 aliphatic carbocycles. The molecule has 1 aliphatic rings. The molecule has 4 heteroatoms. The average molecular weight is 276 g/mol. The molecule has 1 aromatic carbocycles. The summed E-state index contributed by atoms with van der Waals surface area (Å²) in [6.07, 6.45) is 2.16. The van der Waals surface area contributed by atoms with Crippen molar-refractivity contribution >= 4 is 6.03 Å². The molecule has 1 unspecified atom stereocenters. The quantitative estimate of drug-likeness (QED) is 0.772. The molecular weight excluding hydrogens is 252 g/mol. The third-order valence-corrected chi connectivity index (χ3v) is 4.14. The number of carbonyl (C=O) groups excluding carboxylic acids is 1. The summed E-state index contributed by atoms with van der Waals surface area (Å²) in [7, 11) is 0. The number of hydrogen-bond donors (Lipinski definition) is 3. The summed E-state index contributed by atoms with van der Waals surface area (Å²) in [5, 5.41) is 15.2. The maximum absolute atomic E-state index is 12.0. The van der Waals surface area contributed by atoms with Gasteiger partial charge in [-0.15, -0.1) is 0 Å². The minimum atomic E-state index is -0.494. The zero-order valence-electron chi connectivity index (χ0n) is 12.5. The zero-order chi connectivity index (χ0) is 14.8. The van der Waals surface area contributed by atoms with Crippen molar-refractivity contribution < 1.29 is 9.90 Å². The highest BCUT2D eigenvalue weighted by Crippen LogP contribution is 2.39. The number of rotatable bonds is 5. The van der Waals surface area contributed by atoms with Gasteiger partial charge in [-0.2, -0.15) is 0 Å². The van der Waals surface area contributed by atoms with Gasteiger partial charge in [0.2, 0.25) is 0 Å². The Morgan fingerprint density at radius 3 is 2.65 bits per heavy atom. The summed E-state index contributed by atoms with van der Waals surface area (Å²) in [5.41, 5.74) is 3.02. The molecule has 0 aromatic heterocycles. The lowest BCUT2D eigenvalue weighted by molar-refractivity contribution is 0.155. The minimum Gasteiger partial charge on any atom is -0.394 e. The average Bonchev–Trinajstić information content (AvgIpc) is 3.22. The number of aliphatic hydroxyl groups excluding tert-OH is 1. The van der Waals surface area contributed by atoms with Gasteiger partial charge < -0.3 is 15.7 Å². The van der Waals surface area contributed by atoms with Crippen LogP contribution in [-0.2, 0) is 6.54 Å². The molecule has 1 saturated carbocycles. The molecule has 2 rings (SSSR count). The van der Waals surface area contributed by atoms with E-state index in [2.05, 4.69) is 23.6 Å². The standard InChI is InChI=1S/C16H24N2O2/c1-11-4-5-13(12(2)8-11)9-17-15(20)18-16(3,10-19)14-6-7-14/h4-5,8,14,19H,6-7,9-10H2,1-3H3,(H2,17,18,20). The highest BCUT2D eigenvalue weighted by molar-refractivity contribution is 5.75. The Balaban J connectivity index is 1.88. The third kappa shape index (κ3) is 3.51. The van der Waals surface area contributed by atoms with Crippen molar-refractivity contribution in [1.29, 1.82) is 0 Å². The highest BCUT2D eigenvalue weighted by Gasteiger charge is 2.42. The number of hydrogen-bond acceptors (Lipinski definition) is 2. The zero-order valence-corrected chi connectivity index (χ0v) is 12.5. The predicted octanol–water partition coefficient (Wildman–Crippen LogP) is 2.26. The first kappa shape index (κ1) is 14.9. The lowest BCUT2D eigenvalue weighted by Gasteiger charge is -2.28. The van der Waals surface area contributed by atoms with Crippen molar-refractivity contribution in [2.45, 2.75) is 45.7 Å². The van der Waals surface area contributed by atoms with Crippen molar-refractivity contribution in [1.82, 2.24) is 10.6 Å². The van der Waals surface area contributed by atoms with Crippen LogP contribution in [0.15, 0.2) is 18.2 Å². The van der Waals surface area contributed by atoms with Crippen molar-refractivity contribution in [3.05, 3.63) is 34.9 Å². The Kier molecular flexibility index (Phi) is 4.33. The van der Waals surface area contributed by atoms with E-state index in [1.165, 1.54) is 11.1 Å². The van der Waals surface area contributed by atoms with E-state index in [0.29, 0.717) is 12.5 Å². The van der Waals surface area contributed by atoms with Gasteiger partial charge in [0, 0.05) is 6.54 Å². The van der Waals surface area contributed by atoms with Crippen LogP contribution in [0.5, 0.6) is 0 Å². The molecule has 0 radical (unpaired) electrons. The molecule has 0 saturated heterocycles. The molecule has 1 atom stereocenters. The summed E-state index contributed by atoms with van der Waals surface area (Å²) >= 11 is 0. The summed E-state index contributed by atoms with van der Waals surface area (Å²) in [4.78, 5) is 12.0. The number of nitrogens with one attached hydrogen (secondary N) is 2. The number of amides is 2. The largest absolute Gasteiger partial charge is 0.394 e. The lowest BCUT2D eigenvalue weighted by atomic mass is 9.97. The molecule has 4 nitrogen and oxygen atoms in total. The molecule has 3 N–H and O–H groups in total. The van der Waals surface area contributed by atoms with Crippen molar-refractivity contribution in [3.63, 3.8) is 0 Å². The fourth-order valence-electron chi connectivity index (χ4n) is 2.51. The number of benzene rings is 1. The first-order chi connectivity index (χ1) is 9.44. The molecule has 2 amide bonds. The monoisotopic (exact) mass is 276 g/mol. The van der Waals surface area contributed by atoms with Crippen molar-refractivity contribution in [2.24, 2.45) is 5.92 Å². The highest BCUT2D eigenvalue weighted by atomic mass is 16.3. The van der Waals surface area contributed by atoms with Crippen molar-refractivity contribution in [3.8, 4) is 0 Å². The van der Waals surface area contributed by atoms with E-state index in [-0.39, 0.29) is 12.6 Å². The lowest BCUT2D eigenvalue weighted by Crippen LogP contribution is -2.53. The van der Waals surface area contributed by atoms with E-state index in [1.54, 1.807) is 0 Å². The Hall–Kier alpha value is -1.55. The second-order valence-corrected chi connectivity index (χ2v) is 6.09. The summed E-state index contributed by atoms with van der Waals surface area (Å²) in [5.74, 6) is 0.402. The van der Waals surface area contributed by atoms with Gasteiger partial charge in [-0.1, -0.05) is 23.8 Å². The topological polar surface area (TPSA) is 61.4 Å². The molecule has 1 fully saturated rings. The van der Waals surface area contributed by atoms with Gasteiger partial charge in [-0.05, 0) is 50.7 Å². The normalized spacial score (nSPS) is 17.4. The van der Waals surface area contributed by atoms with Gasteiger partial charge in [-0.3, -0.25) is 0 Å². The fourth-order valence-corrected chi connectivity index (χ4v) is 2.51. The Bertz CT molecular complexity index is 497. The van der Waals surface area contributed by atoms with Gasteiger partial charge in [-0.25, -0.2) is 4.79 Å². The number of urea groups is 1. The van der Waals surface area contributed by atoms with E-state index in [9.17, 15) is 9.90 Å². The smallest absolute Gasteiger partial charge is 0.315 e. The van der Waals surface area contributed by atoms with Crippen LogP contribution >= 0.6 is 0 Å². The van der Waals surface area contributed by atoms with E-state index >= 15 is 0 Å². The molecule has 0 bridgehead atoms. The van der Waals surface area contributed by atoms with E-state index < -0.39 is 5.54 Å². The van der Waals surface area contributed by atoms with E-state index in [4.69, 9.17) is 0 Å². The van der Waals surface area contributed by atoms with Crippen LogP contribution in [0.4, 0.5) is 4.79 Å². The molecule has 20 heavy (non-hydrogen) atoms. The second-order valence-electron chi connectivity index (χ2n) is 6.09. The van der Waals surface area contributed by atoms with Crippen LogP contribution in [-0.4, -0.2) is 23.3 Å². The van der Waals surface area contributed by atoms with Crippen molar-refractivity contribution in [2.75, 3.05) is 6.61 Å². The maximum atomic E-state index is 12.0. The first-order valence-corrected chi connectivity index (χ1v) is 7.17. The number of aliphatic hydroxyl groups is 1. The molecule has 0 heterocycles. The number of carbonyl (C=O) groups is 1. The molecule has 0 spiro atoms. The van der Waals surface area contributed by atoms with Gasteiger partial charge in [0.1, 0.15) is 0 Å². The Morgan fingerprint density at radius 1 is 1.40 bits per heavy atom. The second kappa shape index (κ2) is 5.83. The van der Waals surface area contributed by atoms with Gasteiger partial charge in [0.15, 0.2) is 0 Å².